The highest BCUT2D eigenvalue weighted by atomic mass is 16.5. The molecule has 0 unspecified atom stereocenters. The molecule has 0 aromatic carbocycles. The summed E-state index contributed by atoms with van der Waals surface area (Å²) >= 11 is 0. The number of hydrogen-bond acceptors (Lipinski definition) is 2. The van der Waals surface area contributed by atoms with Crippen molar-refractivity contribution in [2.75, 3.05) is 19.7 Å². The van der Waals surface area contributed by atoms with Crippen molar-refractivity contribution in [3.05, 3.63) is 0 Å². The molecular weight excluding hydrogens is 186 g/mol. The van der Waals surface area contributed by atoms with Gasteiger partial charge in [-0.25, -0.2) is 0 Å². The molecule has 15 heavy (non-hydrogen) atoms. The molecule has 2 rings (SSSR count). The summed E-state index contributed by atoms with van der Waals surface area (Å²) in [6.45, 7) is 10.3. The lowest BCUT2D eigenvalue weighted by molar-refractivity contribution is -0.0803. The van der Waals surface area contributed by atoms with Gasteiger partial charge in [-0.1, -0.05) is 0 Å². The maximum absolute atomic E-state index is 5.71. The van der Waals surface area contributed by atoms with E-state index in [1.165, 1.54) is 38.8 Å². The topological polar surface area (TPSA) is 12.5 Å². The van der Waals surface area contributed by atoms with E-state index in [1.54, 1.807) is 0 Å². The molecule has 88 valence electrons. The zero-order valence-corrected chi connectivity index (χ0v) is 10.5. The molecule has 1 saturated heterocycles. The number of ether oxygens (including phenoxy) is 1. The Morgan fingerprint density at radius 2 is 1.87 bits per heavy atom. The lowest BCUT2D eigenvalue weighted by Gasteiger charge is -2.55. The van der Waals surface area contributed by atoms with Gasteiger partial charge in [-0.3, -0.25) is 4.90 Å². The van der Waals surface area contributed by atoms with Crippen LogP contribution in [0.4, 0.5) is 0 Å². The maximum Gasteiger partial charge on any atom is 0.0575 e. The fourth-order valence-corrected chi connectivity index (χ4v) is 3.10. The summed E-state index contributed by atoms with van der Waals surface area (Å²) in [5, 5.41) is 0. The highest BCUT2D eigenvalue weighted by molar-refractivity contribution is 4.98. The van der Waals surface area contributed by atoms with Crippen molar-refractivity contribution in [3.8, 4) is 0 Å². The summed E-state index contributed by atoms with van der Waals surface area (Å²) in [5.74, 6) is 0. The van der Waals surface area contributed by atoms with E-state index in [2.05, 4.69) is 25.7 Å². The number of nitrogens with zero attached hydrogens (tertiary/aromatic N) is 1. The van der Waals surface area contributed by atoms with Crippen LogP contribution in [0.2, 0.25) is 0 Å². The van der Waals surface area contributed by atoms with Gasteiger partial charge < -0.3 is 4.74 Å². The van der Waals surface area contributed by atoms with Crippen molar-refractivity contribution in [2.24, 2.45) is 5.41 Å². The minimum atomic E-state index is 0.564. The molecule has 0 aromatic rings. The van der Waals surface area contributed by atoms with Gasteiger partial charge in [0, 0.05) is 25.7 Å². The first-order valence-corrected chi connectivity index (χ1v) is 6.51. The molecule has 0 bridgehead atoms. The van der Waals surface area contributed by atoms with Gasteiger partial charge in [0.2, 0.25) is 0 Å². The second-order valence-electron chi connectivity index (χ2n) is 5.65. The second kappa shape index (κ2) is 4.42. The maximum atomic E-state index is 5.71. The lowest BCUT2D eigenvalue weighted by atomic mass is 9.67. The Balaban J connectivity index is 1.75. The van der Waals surface area contributed by atoms with Crippen molar-refractivity contribution in [3.63, 3.8) is 0 Å². The summed E-state index contributed by atoms with van der Waals surface area (Å²) in [6, 6.07) is 0.736. The summed E-state index contributed by atoms with van der Waals surface area (Å²) in [5.41, 5.74) is 0.678. The quantitative estimate of drug-likeness (QED) is 0.711. The number of rotatable bonds is 3. The Kier molecular flexibility index (Phi) is 3.36. The van der Waals surface area contributed by atoms with E-state index in [1.807, 2.05) is 0 Å². The zero-order valence-electron chi connectivity index (χ0n) is 10.5. The Morgan fingerprint density at radius 3 is 2.33 bits per heavy atom. The second-order valence-corrected chi connectivity index (χ2v) is 5.65. The highest BCUT2D eigenvalue weighted by Crippen LogP contribution is 2.45. The van der Waals surface area contributed by atoms with Gasteiger partial charge in [-0.15, -0.1) is 0 Å². The first-order valence-electron chi connectivity index (χ1n) is 6.51. The normalized spacial score (nSPS) is 27.2. The molecule has 0 atom stereocenters. The molecule has 2 nitrogen and oxygen atoms in total. The Hall–Kier alpha value is -0.0800. The Morgan fingerprint density at radius 1 is 1.27 bits per heavy atom. The molecule has 0 aromatic heterocycles. The average Bonchev–Trinajstić information content (AvgIpc) is 2.16. The van der Waals surface area contributed by atoms with E-state index in [4.69, 9.17) is 4.74 Å². The molecule has 2 fully saturated rings. The van der Waals surface area contributed by atoms with E-state index >= 15 is 0 Å². The van der Waals surface area contributed by atoms with Gasteiger partial charge in [0.05, 0.1) is 6.10 Å². The third-order valence-electron chi connectivity index (χ3n) is 4.20. The van der Waals surface area contributed by atoms with Gasteiger partial charge in [0.15, 0.2) is 0 Å². The van der Waals surface area contributed by atoms with Crippen LogP contribution in [0, 0.1) is 5.41 Å². The van der Waals surface area contributed by atoms with Gasteiger partial charge in [0.1, 0.15) is 0 Å². The molecule has 2 heteroatoms. The Bertz CT molecular complexity index is 199. The van der Waals surface area contributed by atoms with Gasteiger partial charge >= 0.3 is 0 Å². The van der Waals surface area contributed by atoms with Crippen LogP contribution in [0.15, 0.2) is 0 Å². The minimum absolute atomic E-state index is 0.564. The molecular formula is C13H25NO. The first kappa shape index (κ1) is 11.4. The summed E-state index contributed by atoms with van der Waals surface area (Å²) in [7, 11) is 0. The fourth-order valence-electron chi connectivity index (χ4n) is 3.10. The van der Waals surface area contributed by atoms with Crippen LogP contribution >= 0.6 is 0 Å². The van der Waals surface area contributed by atoms with Crippen molar-refractivity contribution >= 4 is 0 Å². The molecule has 1 spiro atoms. The Labute approximate surface area is 94.0 Å². The van der Waals surface area contributed by atoms with Crippen LogP contribution in [-0.2, 0) is 4.74 Å². The first-order chi connectivity index (χ1) is 7.15. The fraction of sp³-hybridized carbons (Fsp3) is 1.00. The van der Waals surface area contributed by atoms with Gasteiger partial charge in [0.25, 0.3) is 0 Å². The molecule has 2 aliphatic rings. The largest absolute Gasteiger partial charge is 0.379 e. The molecule has 1 saturated carbocycles. The summed E-state index contributed by atoms with van der Waals surface area (Å²) in [6.07, 6.45) is 5.93. The summed E-state index contributed by atoms with van der Waals surface area (Å²) in [4.78, 5) is 2.60. The molecule has 1 heterocycles. The van der Waals surface area contributed by atoms with E-state index < -0.39 is 0 Å². The predicted octanol–water partition coefficient (Wildman–Crippen LogP) is 2.68. The van der Waals surface area contributed by atoms with Gasteiger partial charge in [-0.05, 0) is 51.9 Å². The average molecular weight is 211 g/mol. The third-order valence-corrected chi connectivity index (χ3v) is 4.20. The molecule has 0 radical (unpaired) electrons. The number of likely N-dealkylation sites (tertiary alicyclic amines) is 1. The van der Waals surface area contributed by atoms with E-state index in [0.717, 1.165) is 12.6 Å². The van der Waals surface area contributed by atoms with Crippen molar-refractivity contribution in [1.82, 2.24) is 4.90 Å². The van der Waals surface area contributed by atoms with Crippen LogP contribution < -0.4 is 0 Å². The van der Waals surface area contributed by atoms with E-state index in [-0.39, 0.29) is 0 Å². The van der Waals surface area contributed by atoms with E-state index in [0.29, 0.717) is 11.5 Å². The van der Waals surface area contributed by atoms with Crippen molar-refractivity contribution < 1.29 is 4.74 Å². The standard InChI is InChI=1S/C13H25NO/c1-4-15-12-5-7-13(8-6-12)9-14(10-13)11(2)3/h11-12H,4-10H2,1-3H3. The third kappa shape index (κ3) is 2.36. The van der Waals surface area contributed by atoms with E-state index in [9.17, 15) is 0 Å². The zero-order chi connectivity index (χ0) is 10.9. The van der Waals surface area contributed by atoms with Gasteiger partial charge in [-0.2, -0.15) is 0 Å². The number of hydrogen-bond donors (Lipinski definition) is 0. The van der Waals surface area contributed by atoms with Crippen molar-refractivity contribution in [2.45, 2.75) is 58.6 Å². The van der Waals surface area contributed by atoms with Crippen LogP contribution in [0.25, 0.3) is 0 Å². The van der Waals surface area contributed by atoms with Crippen LogP contribution in [0.5, 0.6) is 0 Å². The SMILES string of the molecule is CCOC1CCC2(CC1)CN(C(C)C)C2. The molecule has 0 amide bonds. The van der Waals surface area contributed by atoms with Crippen molar-refractivity contribution in [1.29, 1.82) is 0 Å². The smallest absolute Gasteiger partial charge is 0.0575 e. The molecule has 1 aliphatic carbocycles. The summed E-state index contributed by atoms with van der Waals surface area (Å²) < 4.78 is 5.71. The molecule has 0 N–H and O–H groups in total. The highest BCUT2D eigenvalue weighted by Gasteiger charge is 2.45. The monoisotopic (exact) mass is 211 g/mol. The molecule has 1 aliphatic heterocycles. The minimum Gasteiger partial charge on any atom is -0.379 e. The lowest BCUT2D eigenvalue weighted by Crippen LogP contribution is -2.60. The van der Waals surface area contributed by atoms with Crippen LogP contribution in [0.3, 0.4) is 0 Å². The van der Waals surface area contributed by atoms with Crippen LogP contribution in [0.1, 0.15) is 46.5 Å². The predicted molar refractivity (Wildman–Crippen MR) is 63.0 cm³/mol. The van der Waals surface area contributed by atoms with Crippen LogP contribution in [-0.4, -0.2) is 36.7 Å².